The Kier molecular flexibility index (Phi) is 6.85. The van der Waals surface area contributed by atoms with Crippen LogP contribution in [0.15, 0.2) is 47.4 Å². The maximum Gasteiger partial charge on any atom is 0.230 e. The minimum Gasteiger partial charge on any atom is -0.353 e. The predicted molar refractivity (Wildman–Crippen MR) is 105 cm³/mol. The van der Waals surface area contributed by atoms with Gasteiger partial charge in [0.15, 0.2) is 11.6 Å². The molecule has 0 aliphatic carbocycles. The predicted octanol–water partition coefficient (Wildman–Crippen LogP) is 4.15. The molecule has 6 heteroatoms. The van der Waals surface area contributed by atoms with E-state index in [1.807, 2.05) is 31.2 Å². The first-order chi connectivity index (χ1) is 13.0. The highest BCUT2D eigenvalue weighted by Crippen LogP contribution is 2.22. The third-order valence-corrected chi connectivity index (χ3v) is 5.97. The van der Waals surface area contributed by atoms with Gasteiger partial charge in [0.25, 0.3) is 0 Å². The summed E-state index contributed by atoms with van der Waals surface area (Å²) in [5.74, 6) is -1.15. The fraction of sp³-hybridized carbons (Fsp3) is 0.381. The molecule has 0 atom stereocenters. The maximum atomic E-state index is 13.3. The van der Waals surface area contributed by atoms with Gasteiger partial charge < -0.3 is 5.32 Å². The summed E-state index contributed by atoms with van der Waals surface area (Å²) in [7, 11) is 0. The van der Waals surface area contributed by atoms with Crippen molar-refractivity contribution in [3.05, 3.63) is 65.2 Å². The second kappa shape index (κ2) is 9.33. The van der Waals surface area contributed by atoms with Crippen LogP contribution in [-0.4, -0.2) is 35.7 Å². The summed E-state index contributed by atoms with van der Waals surface area (Å²) in [6.07, 6.45) is 1.73. The molecular formula is C21H24F2N2OS. The van der Waals surface area contributed by atoms with Crippen LogP contribution in [-0.2, 0) is 11.3 Å². The number of amides is 1. The Bertz CT molecular complexity index is 792. The van der Waals surface area contributed by atoms with Crippen molar-refractivity contribution >= 4 is 17.7 Å². The monoisotopic (exact) mass is 390 g/mol. The smallest absolute Gasteiger partial charge is 0.230 e. The Morgan fingerprint density at radius 3 is 2.59 bits per heavy atom. The molecule has 1 heterocycles. The van der Waals surface area contributed by atoms with Gasteiger partial charge in [-0.2, -0.15) is 0 Å². The molecule has 1 aliphatic rings. The van der Waals surface area contributed by atoms with Crippen molar-refractivity contribution in [2.75, 3.05) is 18.8 Å². The molecule has 1 fully saturated rings. The van der Waals surface area contributed by atoms with Crippen LogP contribution in [0, 0.1) is 18.6 Å². The van der Waals surface area contributed by atoms with E-state index in [-0.39, 0.29) is 11.9 Å². The number of piperidine rings is 1. The summed E-state index contributed by atoms with van der Waals surface area (Å²) in [4.78, 5) is 15.6. The Labute approximate surface area is 163 Å². The minimum absolute atomic E-state index is 0.0577. The molecule has 0 spiro atoms. The van der Waals surface area contributed by atoms with E-state index in [0.29, 0.717) is 12.3 Å². The Balaban J connectivity index is 1.40. The standard InChI is InChI=1S/C21H24F2N2OS/c1-15-4-2-3-5-20(15)27-14-21(26)24-17-8-10-25(11-9-17)13-16-6-7-18(22)19(23)12-16/h2-7,12,17H,8-11,13-14H2,1H3,(H,24,26). The quantitative estimate of drug-likeness (QED) is 0.752. The molecule has 0 aromatic heterocycles. The number of nitrogens with zero attached hydrogens (tertiary/aromatic N) is 1. The third-order valence-electron chi connectivity index (χ3n) is 4.80. The number of nitrogens with one attached hydrogen (secondary N) is 1. The second-order valence-electron chi connectivity index (χ2n) is 6.92. The van der Waals surface area contributed by atoms with E-state index in [2.05, 4.69) is 10.2 Å². The number of carbonyl (C=O) groups excluding carboxylic acids is 1. The van der Waals surface area contributed by atoms with Gasteiger partial charge in [-0.05, 0) is 49.1 Å². The summed E-state index contributed by atoms with van der Waals surface area (Å²) < 4.78 is 26.3. The van der Waals surface area contributed by atoms with E-state index in [1.165, 1.54) is 17.7 Å². The SMILES string of the molecule is Cc1ccccc1SCC(=O)NC1CCN(Cc2ccc(F)c(F)c2)CC1. The number of thioether (sulfide) groups is 1. The molecular weight excluding hydrogens is 366 g/mol. The zero-order valence-electron chi connectivity index (χ0n) is 15.4. The lowest BCUT2D eigenvalue weighted by Gasteiger charge is -2.32. The summed E-state index contributed by atoms with van der Waals surface area (Å²) >= 11 is 1.56. The first kappa shape index (κ1) is 19.8. The van der Waals surface area contributed by atoms with Gasteiger partial charge in [-0.25, -0.2) is 8.78 Å². The average Bonchev–Trinajstić information content (AvgIpc) is 2.66. The first-order valence-electron chi connectivity index (χ1n) is 9.15. The van der Waals surface area contributed by atoms with Gasteiger partial charge in [-0.15, -0.1) is 11.8 Å². The molecule has 0 unspecified atom stereocenters. The van der Waals surface area contributed by atoms with E-state index in [1.54, 1.807) is 17.8 Å². The number of hydrogen-bond acceptors (Lipinski definition) is 3. The van der Waals surface area contributed by atoms with Gasteiger partial charge in [-0.1, -0.05) is 24.3 Å². The molecule has 1 N–H and O–H groups in total. The zero-order chi connectivity index (χ0) is 19.2. The summed E-state index contributed by atoms with van der Waals surface area (Å²) in [5, 5.41) is 3.11. The molecule has 2 aromatic carbocycles. The molecule has 3 rings (SSSR count). The molecule has 0 saturated carbocycles. The summed E-state index contributed by atoms with van der Waals surface area (Å²) in [6.45, 7) is 4.30. The fourth-order valence-electron chi connectivity index (χ4n) is 3.26. The van der Waals surface area contributed by atoms with Crippen molar-refractivity contribution in [3.8, 4) is 0 Å². The molecule has 1 amide bonds. The normalized spacial score (nSPS) is 15.7. The van der Waals surface area contributed by atoms with Crippen LogP contribution in [0.25, 0.3) is 0 Å². The second-order valence-corrected chi connectivity index (χ2v) is 7.94. The molecule has 27 heavy (non-hydrogen) atoms. The minimum atomic E-state index is -0.816. The molecule has 144 valence electrons. The van der Waals surface area contributed by atoms with Crippen LogP contribution in [0.2, 0.25) is 0 Å². The van der Waals surface area contributed by atoms with Crippen LogP contribution < -0.4 is 5.32 Å². The van der Waals surface area contributed by atoms with Gasteiger partial charge in [0, 0.05) is 30.6 Å². The van der Waals surface area contributed by atoms with Crippen LogP contribution in [0.4, 0.5) is 8.78 Å². The van der Waals surface area contributed by atoms with E-state index in [9.17, 15) is 13.6 Å². The van der Waals surface area contributed by atoms with E-state index in [4.69, 9.17) is 0 Å². The number of rotatable bonds is 6. The molecule has 0 radical (unpaired) electrons. The van der Waals surface area contributed by atoms with Crippen LogP contribution in [0.5, 0.6) is 0 Å². The molecule has 2 aromatic rings. The van der Waals surface area contributed by atoms with E-state index < -0.39 is 11.6 Å². The lowest BCUT2D eigenvalue weighted by molar-refractivity contribution is -0.119. The van der Waals surface area contributed by atoms with Crippen LogP contribution >= 0.6 is 11.8 Å². The fourth-order valence-corrected chi connectivity index (χ4v) is 4.10. The number of aryl methyl sites for hydroxylation is 1. The Morgan fingerprint density at radius 1 is 1.15 bits per heavy atom. The molecule has 0 bridgehead atoms. The maximum absolute atomic E-state index is 13.3. The number of carbonyl (C=O) groups is 1. The largest absolute Gasteiger partial charge is 0.353 e. The summed E-state index contributed by atoms with van der Waals surface area (Å²) in [5.41, 5.74) is 1.95. The molecule has 1 aliphatic heterocycles. The highest BCUT2D eigenvalue weighted by molar-refractivity contribution is 8.00. The highest BCUT2D eigenvalue weighted by Gasteiger charge is 2.21. The molecule has 1 saturated heterocycles. The van der Waals surface area contributed by atoms with Gasteiger partial charge >= 0.3 is 0 Å². The number of hydrogen-bond donors (Lipinski definition) is 1. The zero-order valence-corrected chi connectivity index (χ0v) is 16.2. The van der Waals surface area contributed by atoms with Crippen LogP contribution in [0.3, 0.4) is 0 Å². The number of benzene rings is 2. The van der Waals surface area contributed by atoms with Gasteiger partial charge in [-0.3, -0.25) is 9.69 Å². The third kappa shape index (κ3) is 5.78. The van der Waals surface area contributed by atoms with Crippen molar-refractivity contribution in [1.82, 2.24) is 10.2 Å². The van der Waals surface area contributed by atoms with Crippen molar-refractivity contribution in [2.45, 2.75) is 37.2 Å². The van der Waals surface area contributed by atoms with Crippen molar-refractivity contribution in [1.29, 1.82) is 0 Å². The highest BCUT2D eigenvalue weighted by atomic mass is 32.2. The molecule has 3 nitrogen and oxygen atoms in total. The van der Waals surface area contributed by atoms with Crippen molar-refractivity contribution in [3.63, 3.8) is 0 Å². The van der Waals surface area contributed by atoms with Crippen molar-refractivity contribution < 1.29 is 13.6 Å². The average molecular weight is 390 g/mol. The first-order valence-corrected chi connectivity index (χ1v) is 10.1. The number of likely N-dealkylation sites (tertiary alicyclic amines) is 1. The lowest BCUT2D eigenvalue weighted by atomic mass is 10.0. The van der Waals surface area contributed by atoms with Crippen molar-refractivity contribution in [2.24, 2.45) is 0 Å². The number of halogens is 2. The van der Waals surface area contributed by atoms with E-state index >= 15 is 0 Å². The summed E-state index contributed by atoms with van der Waals surface area (Å²) in [6, 6.07) is 12.3. The van der Waals surface area contributed by atoms with Gasteiger partial charge in [0.1, 0.15) is 0 Å². The van der Waals surface area contributed by atoms with E-state index in [0.717, 1.165) is 36.4 Å². The van der Waals surface area contributed by atoms with Gasteiger partial charge in [0.05, 0.1) is 5.75 Å². The Hall–Kier alpha value is -1.92. The van der Waals surface area contributed by atoms with Crippen LogP contribution in [0.1, 0.15) is 24.0 Å². The topological polar surface area (TPSA) is 32.3 Å². The van der Waals surface area contributed by atoms with Gasteiger partial charge in [0.2, 0.25) is 5.91 Å². The Morgan fingerprint density at radius 2 is 1.89 bits per heavy atom. The lowest BCUT2D eigenvalue weighted by Crippen LogP contribution is -2.44.